The number of aromatic nitrogens is 1. The van der Waals surface area contributed by atoms with Crippen molar-refractivity contribution < 1.29 is 0 Å². The van der Waals surface area contributed by atoms with Crippen LogP contribution in [0.1, 0.15) is 17.9 Å². The molecule has 102 valence electrons. The zero-order chi connectivity index (χ0) is 13.9. The molecule has 2 atom stereocenters. The van der Waals surface area contributed by atoms with Crippen LogP contribution in [0.5, 0.6) is 0 Å². The van der Waals surface area contributed by atoms with Gasteiger partial charge in [0.05, 0.1) is 5.02 Å². The average Bonchev–Trinajstić information content (AvgIpc) is 3.21. The van der Waals surface area contributed by atoms with Crippen LogP contribution in [0.25, 0.3) is 0 Å². The number of nitrogens with zero attached hydrogens (tertiary/aromatic N) is 1. The first kappa shape index (κ1) is 13.3. The molecule has 3 nitrogen and oxygen atoms in total. The second-order valence-electron chi connectivity index (χ2n) is 4.82. The number of pyridine rings is 1. The van der Waals surface area contributed by atoms with Crippen molar-refractivity contribution in [3.63, 3.8) is 0 Å². The molecule has 1 aromatic heterocycles. The molecule has 0 saturated heterocycles. The number of rotatable bonds is 3. The third-order valence-electron chi connectivity index (χ3n) is 3.30. The maximum atomic E-state index is 5.79. The van der Waals surface area contributed by atoms with Gasteiger partial charge in [0.15, 0.2) is 5.11 Å². The van der Waals surface area contributed by atoms with E-state index in [-0.39, 0.29) is 0 Å². The van der Waals surface area contributed by atoms with Crippen LogP contribution in [0.3, 0.4) is 0 Å². The van der Waals surface area contributed by atoms with Crippen molar-refractivity contribution in [2.45, 2.75) is 18.4 Å². The van der Waals surface area contributed by atoms with E-state index in [2.05, 4.69) is 39.9 Å². The molecule has 1 aromatic carbocycles. The molecule has 0 spiro atoms. The minimum absolute atomic E-state index is 0.407. The summed E-state index contributed by atoms with van der Waals surface area (Å²) in [4.78, 5) is 4.15. The van der Waals surface area contributed by atoms with Crippen molar-refractivity contribution in [2.75, 3.05) is 5.32 Å². The SMILES string of the molecule is S=C(Nc1ccc(Cl)cn1)NC1CC1c1ccccc1. The zero-order valence-electron chi connectivity index (χ0n) is 10.7. The quantitative estimate of drug-likeness (QED) is 0.850. The number of benzene rings is 1. The maximum absolute atomic E-state index is 5.79. The van der Waals surface area contributed by atoms with Gasteiger partial charge in [-0.05, 0) is 36.3 Å². The second-order valence-corrected chi connectivity index (χ2v) is 5.66. The van der Waals surface area contributed by atoms with Crippen LogP contribution in [-0.2, 0) is 0 Å². The Balaban J connectivity index is 1.52. The number of halogens is 1. The summed E-state index contributed by atoms with van der Waals surface area (Å²) < 4.78 is 0. The first-order valence-electron chi connectivity index (χ1n) is 6.46. The molecule has 2 N–H and O–H groups in total. The molecule has 0 bridgehead atoms. The summed E-state index contributed by atoms with van der Waals surface area (Å²) in [6, 6.07) is 14.5. The lowest BCUT2D eigenvalue weighted by molar-refractivity contribution is 0.876. The highest BCUT2D eigenvalue weighted by atomic mass is 35.5. The van der Waals surface area contributed by atoms with Crippen LogP contribution >= 0.6 is 23.8 Å². The lowest BCUT2D eigenvalue weighted by Gasteiger charge is -2.09. The lowest BCUT2D eigenvalue weighted by Crippen LogP contribution is -2.31. The molecule has 2 aromatic rings. The summed E-state index contributed by atoms with van der Waals surface area (Å²) >= 11 is 11.1. The highest BCUT2D eigenvalue weighted by Gasteiger charge is 2.38. The minimum atomic E-state index is 0.407. The van der Waals surface area contributed by atoms with Crippen molar-refractivity contribution in [1.29, 1.82) is 0 Å². The molecule has 1 aliphatic rings. The van der Waals surface area contributed by atoms with Crippen molar-refractivity contribution >= 4 is 34.7 Å². The van der Waals surface area contributed by atoms with E-state index in [4.69, 9.17) is 23.8 Å². The Kier molecular flexibility index (Phi) is 3.85. The summed E-state index contributed by atoms with van der Waals surface area (Å²) in [6.07, 6.45) is 2.70. The minimum Gasteiger partial charge on any atom is -0.359 e. The summed E-state index contributed by atoms with van der Waals surface area (Å²) in [6.45, 7) is 0. The standard InChI is InChI=1S/C15H14ClN3S/c16-11-6-7-14(17-9-11)19-15(20)18-13-8-12(13)10-4-2-1-3-5-10/h1-7,9,12-13H,8H2,(H2,17,18,19,20). The molecule has 1 saturated carbocycles. The normalized spacial score (nSPS) is 20.2. The zero-order valence-corrected chi connectivity index (χ0v) is 12.3. The molecule has 20 heavy (non-hydrogen) atoms. The van der Waals surface area contributed by atoms with Crippen LogP contribution in [0.2, 0.25) is 5.02 Å². The van der Waals surface area contributed by atoms with Gasteiger partial charge in [-0.25, -0.2) is 4.98 Å². The van der Waals surface area contributed by atoms with Gasteiger partial charge in [-0.2, -0.15) is 0 Å². The van der Waals surface area contributed by atoms with E-state index in [1.54, 1.807) is 18.3 Å². The Bertz CT molecular complexity index is 600. The number of thiocarbonyl (C=S) groups is 1. The van der Waals surface area contributed by atoms with Gasteiger partial charge in [0.2, 0.25) is 0 Å². The van der Waals surface area contributed by atoms with E-state index in [1.165, 1.54) is 5.56 Å². The van der Waals surface area contributed by atoms with Gasteiger partial charge in [0, 0.05) is 18.2 Å². The van der Waals surface area contributed by atoms with Crippen molar-refractivity contribution in [1.82, 2.24) is 10.3 Å². The average molecular weight is 304 g/mol. The molecule has 2 unspecified atom stereocenters. The molecule has 0 aliphatic heterocycles. The Morgan fingerprint density at radius 3 is 2.70 bits per heavy atom. The molecule has 3 rings (SSSR count). The van der Waals surface area contributed by atoms with E-state index in [0.717, 1.165) is 6.42 Å². The van der Waals surface area contributed by atoms with Crippen molar-refractivity contribution in [3.05, 3.63) is 59.2 Å². The van der Waals surface area contributed by atoms with Crippen LogP contribution in [0.15, 0.2) is 48.7 Å². The first-order valence-corrected chi connectivity index (χ1v) is 7.25. The van der Waals surface area contributed by atoms with Crippen molar-refractivity contribution in [2.24, 2.45) is 0 Å². The van der Waals surface area contributed by atoms with E-state index in [0.29, 0.717) is 27.9 Å². The third-order valence-corrected chi connectivity index (χ3v) is 3.75. The fourth-order valence-electron chi connectivity index (χ4n) is 2.19. The van der Waals surface area contributed by atoms with E-state index in [1.807, 2.05) is 6.07 Å². The predicted molar refractivity (Wildman–Crippen MR) is 86.2 cm³/mol. The molecular formula is C15H14ClN3S. The monoisotopic (exact) mass is 303 g/mol. The fourth-order valence-corrected chi connectivity index (χ4v) is 2.56. The van der Waals surface area contributed by atoms with Crippen LogP contribution in [-0.4, -0.2) is 16.1 Å². The van der Waals surface area contributed by atoms with Gasteiger partial charge >= 0.3 is 0 Å². The van der Waals surface area contributed by atoms with E-state index >= 15 is 0 Å². The number of anilines is 1. The maximum Gasteiger partial charge on any atom is 0.172 e. The Morgan fingerprint density at radius 2 is 2.00 bits per heavy atom. The summed E-state index contributed by atoms with van der Waals surface area (Å²) in [5.41, 5.74) is 1.36. The van der Waals surface area contributed by atoms with Crippen LogP contribution in [0.4, 0.5) is 5.82 Å². The summed E-state index contributed by atoms with van der Waals surface area (Å²) in [7, 11) is 0. The molecule has 0 radical (unpaired) electrons. The molecule has 5 heteroatoms. The van der Waals surface area contributed by atoms with Gasteiger partial charge in [-0.15, -0.1) is 0 Å². The second kappa shape index (κ2) is 5.77. The Morgan fingerprint density at radius 1 is 1.20 bits per heavy atom. The van der Waals surface area contributed by atoms with Gasteiger partial charge in [-0.1, -0.05) is 41.9 Å². The van der Waals surface area contributed by atoms with E-state index < -0.39 is 0 Å². The topological polar surface area (TPSA) is 37.0 Å². The molecule has 1 heterocycles. The third kappa shape index (κ3) is 3.26. The van der Waals surface area contributed by atoms with Crippen LogP contribution < -0.4 is 10.6 Å². The predicted octanol–water partition coefficient (Wildman–Crippen LogP) is 3.58. The van der Waals surface area contributed by atoms with Gasteiger partial charge in [-0.3, -0.25) is 0 Å². The number of hydrogen-bond acceptors (Lipinski definition) is 2. The Hall–Kier alpha value is -1.65. The highest BCUT2D eigenvalue weighted by molar-refractivity contribution is 7.80. The van der Waals surface area contributed by atoms with Gasteiger partial charge in [0.25, 0.3) is 0 Å². The number of nitrogens with one attached hydrogen (secondary N) is 2. The van der Waals surface area contributed by atoms with Gasteiger partial charge in [0.1, 0.15) is 5.82 Å². The molecular weight excluding hydrogens is 290 g/mol. The largest absolute Gasteiger partial charge is 0.359 e. The molecule has 1 fully saturated rings. The summed E-state index contributed by atoms with van der Waals surface area (Å²) in [5.74, 6) is 1.25. The van der Waals surface area contributed by atoms with Gasteiger partial charge < -0.3 is 10.6 Å². The Labute approximate surface area is 128 Å². The lowest BCUT2D eigenvalue weighted by atomic mass is 10.1. The molecule has 0 amide bonds. The van der Waals surface area contributed by atoms with Crippen molar-refractivity contribution in [3.8, 4) is 0 Å². The summed E-state index contributed by atoms with van der Waals surface area (Å²) in [5, 5.41) is 7.59. The van der Waals surface area contributed by atoms with E-state index in [9.17, 15) is 0 Å². The first-order chi connectivity index (χ1) is 9.72. The van der Waals surface area contributed by atoms with Crippen LogP contribution in [0, 0.1) is 0 Å². The highest BCUT2D eigenvalue weighted by Crippen LogP contribution is 2.40. The molecule has 1 aliphatic carbocycles. The number of hydrogen-bond donors (Lipinski definition) is 2. The fraction of sp³-hybridized carbons (Fsp3) is 0.200. The smallest absolute Gasteiger partial charge is 0.172 e.